The van der Waals surface area contributed by atoms with Crippen molar-refractivity contribution in [1.29, 1.82) is 0 Å². The van der Waals surface area contributed by atoms with E-state index in [1.54, 1.807) is 27.4 Å². The summed E-state index contributed by atoms with van der Waals surface area (Å²) < 4.78 is 22.5. The first-order chi connectivity index (χ1) is 19.6. The van der Waals surface area contributed by atoms with Gasteiger partial charge in [0, 0.05) is 37.9 Å². The van der Waals surface area contributed by atoms with Crippen molar-refractivity contribution in [3.05, 3.63) is 48.0 Å². The van der Waals surface area contributed by atoms with Crippen LogP contribution in [0, 0.1) is 0 Å². The van der Waals surface area contributed by atoms with E-state index in [1.807, 2.05) is 29.3 Å². The number of piperazine rings is 1. The SMILES string of the molecule is CCCCCCCCCCOc1c(OC)cc(C=CC(=O)NN2CCN(c3ccc(OC)cc3)CC2)cc1OC. The Balaban J connectivity index is 1.46. The molecule has 8 heteroatoms. The fourth-order valence-electron chi connectivity index (χ4n) is 4.78. The molecule has 0 radical (unpaired) electrons. The number of unbranched alkanes of at least 4 members (excludes halogenated alkanes) is 7. The summed E-state index contributed by atoms with van der Waals surface area (Å²) in [4.78, 5) is 14.9. The molecule has 0 atom stereocenters. The van der Waals surface area contributed by atoms with E-state index in [2.05, 4.69) is 29.4 Å². The van der Waals surface area contributed by atoms with E-state index < -0.39 is 0 Å². The van der Waals surface area contributed by atoms with Gasteiger partial charge in [-0.2, -0.15) is 0 Å². The van der Waals surface area contributed by atoms with E-state index in [0.29, 0.717) is 23.9 Å². The van der Waals surface area contributed by atoms with Crippen LogP contribution in [0.5, 0.6) is 23.0 Å². The molecule has 1 aliphatic rings. The Morgan fingerprint density at radius 3 is 2.00 bits per heavy atom. The van der Waals surface area contributed by atoms with Crippen molar-refractivity contribution < 1.29 is 23.7 Å². The van der Waals surface area contributed by atoms with Crippen LogP contribution in [0.1, 0.15) is 63.9 Å². The van der Waals surface area contributed by atoms with Gasteiger partial charge in [0.2, 0.25) is 5.75 Å². The van der Waals surface area contributed by atoms with Crippen LogP contribution in [-0.4, -0.2) is 65.0 Å². The molecule has 40 heavy (non-hydrogen) atoms. The third kappa shape index (κ3) is 9.97. The Bertz CT molecular complexity index is 1020. The van der Waals surface area contributed by atoms with Gasteiger partial charge in [0.05, 0.1) is 27.9 Å². The van der Waals surface area contributed by atoms with Crippen LogP contribution in [0.2, 0.25) is 0 Å². The lowest BCUT2D eigenvalue weighted by atomic mass is 10.1. The summed E-state index contributed by atoms with van der Waals surface area (Å²) in [7, 11) is 4.90. The summed E-state index contributed by atoms with van der Waals surface area (Å²) >= 11 is 0. The lowest BCUT2D eigenvalue weighted by Gasteiger charge is -2.35. The maximum atomic E-state index is 12.6. The number of anilines is 1. The number of benzene rings is 2. The fourth-order valence-corrected chi connectivity index (χ4v) is 4.78. The maximum absolute atomic E-state index is 12.6. The molecule has 0 saturated carbocycles. The minimum atomic E-state index is -0.175. The first kappa shape index (κ1) is 31.1. The molecule has 1 saturated heterocycles. The maximum Gasteiger partial charge on any atom is 0.258 e. The zero-order chi connectivity index (χ0) is 28.6. The Hall–Kier alpha value is -3.39. The van der Waals surface area contributed by atoms with E-state index in [9.17, 15) is 4.79 Å². The second kappa shape index (κ2) is 17.3. The van der Waals surface area contributed by atoms with Crippen molar-refractivity contribution in [3.8, 4) is 23.0 Å². The molecule has 0 spiro atoms. The van der Waals surface area contributed by atoms with Crippen LogP contribution in [0.4, 0.5) is 5.69 Å². The molecule has 2 aromatic carbocycles. The first-order valence-corrected chi connectivity index (χ1v) is 14.6. The summed E-state index contributed by atoms with van der Waals surface area (Å²) in [6, 6.07) is 11.8. The highest BCUT2D eigenvalue weighted by Gasteiger charge is 2.18. The number of methoxy groups -OCH3 is 3. The molecule has 0 aromatic heterocycles. The molecule has 220 valence electrons. The van der Waals surface area contributed by atoms with Crippen molar-refractivity contribution in [2.24, 2.45) is 0 Å². The predicted octanol–water partition coefficient (Wildman–Crippen LogP) is 6.10. The molecular weight excluding hydrogens is 506 g/mol. The van der Waals surface area contributed by atoms with Crippen LogP contribution < -0.4 is 29.3 Å². The number of nitrogens with one attached hydrogen (secondary N) is 1. The van der Waals surface area contributed by atoms with Gasteiger partial charge in [-0.05, 0) is 54.5 Å². The van der Waals surface area contributed by atoms with Gasteiger partial charge in [-0.3, -0.25) is 10.2 Å². The molecule has 1 N–H and O–H groups in total. The molecule has 1 aliphatic heterocycles. The Morgan fingerprint density at radius 2 is 1.43 bits per heavy atom. The third-order valence-corrected chi connectivity index (χ3v) is 7.14. The minimum Gasteiger partial charge on any atom is -0.497 e. The average Bonchev–Trinajstić information content (AvgIpc) is 2.99. The number of hydrogen-bond donors (Lipinski definition) is 1. The number of nitrogens with zero attached hydrogens (tertiary/aromatic N) is 2. The summed E-state index contributed by atoms with van der Waals surface area (Å²) in [6.07, 6.45) is 13.3. The van der Waals surface area contributed by atoms with Gasteiger partial charge in [0.1, 0.15) is 5.75 Å². The second-order valence-corrected chi connectivity index (χ2v) is 10.1. The lowest BCUT2D eigenvalue weighted by Crippen LogP contribution is -2.53. The standard InChI is InChI=1S/C32H47N3O5/c1-5-6-7-8-9-10-11-12-23-40-32-29(38-3)24-26(25-30(32)39-4)13-18-31(36)33-35-21-19-34(20-22-35)27-14-16-28(37-2)17-15-27/h13-18,24-25H,5-12,19-23H2,1-4H3,(H,33,36). The average molecular weight is 554 g/mol. The number of amides is 1. The molecule has 1 heterocycles. The topological polar surface area (TPSA) is 72.5 Å². The zero-order valence-corrected chi connectivity index (χ0v) is 24.7. The highest BCUT2D eigenvalue weighted by molar-refractivity contribution is 5.91. The smallest absolute Gasteiger partial charge is 0.258 e. The summed E-state index contributed by atoms with van der Waals surface area (Å²) in [5.41, 5.74) is 4.93. The quantitative estimate of drug-likeness (QED) is 0.187. The summed E-state index contributed by atoms with van der Waals surface area (Å²) in [5, 5.41) is 1.95. The second-order valence-electron chi connectivity index (χ2n) is 10.1. The largest absolute Gasteiger partial charge is 0.497 e. The van der Waals surface area contributed by atoms with Gasteiger partial charge in [-0.15, -0.1) is 0 Å². The lowest BCUT2D eigenvalue weighted by molar-refractivity contribution is -0.121. The van der Waals surface area contributed by atoms with E-state index >= 15 is 0 Å². The van der Waals surface area contributed by atoms with Crippen molar-refractivity contribution >= 4 is 17.7 Å². The molecule has 1 fully saturated rings. The van der Waals surface area contributed by atoms with Crippen LogP contribution in [0.25, 0.3) is 6.08 Å². The summed E-state index contributed by atoms with van der Waals surface area (Å²) in [5.74, 6) is 2.45. The molecule has 0 bridgehead atoms. The number of carbonyl (C=O) groups is 1. The number of rotatable bonds is 17. The van der Waals surface area contributed by atoms with Crippen molar-refractivity contribution in [3.63, 3.8) is 0 Å². The monoisotopic (exact) mass is 553 g/mol. The minimum absolute atomic E-state index is 0.175. The van der Waals surface area contributed by atoms with E-state index in [0.717, 1.165) is 56.0 Å². The van der Waals surface area contributed by atoms with Crippen LogP contribution in [-0.2, 0) is 4.79 Å². The molecule has 2 aromatic rings. The normalized spacial score (nSPS) is 13.8. The highest BCUT2D eigenvalue weighted by atomic mass is 16.5. The summed E-state index contributed by atoms with van der Waals surface area (Å²) in [6.45, 7) is 5.98. The molecule has 1 amide bonds. The van der Waals surface area contributed by atoms with Gasteiger partial charge < -0.3 is 23.8 Å². The zero-order valence-electron chi connectivity index (χ0n) is 24.7. The molecule has 3 rings (SSSR count). The number of carbonyl (C=O) groups excluding carboxylic acids is 1. The number of hydrogen-bond acceptors (Lipinski definition) is 7. The molecule has 8 nitrogen and oxygen atoms in total. The Labute approximate surface area is 240 Å². The van der Waals surface area contributed by atoms with Gasteiger partial charge >= 0.3 is 0 Å². The molecular formula is C32H47N3O5. The van der Waals surface area contributed by atoms with E-state index in [4.69, 9.17) is 18.9 Å². The van der Waals surface area contributed by atoms with Gasteiger partial charge in [-0.25, -0.2) is 5.01 Å². The Kier molecular flexibility index (Phi) is 13.5. The van der Waals surface area contributed by atoms with Crippen molar-refractivity contribution in [1.82, 2.24) is 10.4 Å². The van der Waals surface area contributed by atoms with Gasteiger partial charge in [0.25, 0.3) is 5.91 Å². The van der Waals surface area contributed by atoms with E-state index in [-0.39, 0.29) is 5.91 Å². The predicted molar refractivity (Wildman–Crippen MR) is 162 cm³/mol. The van der Waals surface area contributed by atoms with Crippen molar-refractivity contribution in [2.75, 3.05) is 59.0 Å². The number of hydrazine groups is 1. The van der Waals surface area contributed by atoms with Crippen LogP contribution in [0.3, 0.4) is 0 Å². The van der Waals surface area contributed by atoms with Crippen molar-refractivity contribution in [2.45, 2.75) is 58.3 Å². The van der Waals surface area contributed by atoms with E-state index in [1.165, 1.54) is 44.6 Å². The van der Waals surface area contributed by atoms with Gasteiger partial charge in [0.15, 0.2) is 11.5 Å². The van der Waals surface area contributed by atoms with Crippen LogP contribution >= 0.6 is 0 Å². The van der Waals surface area contributed by atoms with Gasteiger partial charge in [-0.1, -0.05) is 51.9 Å². The highest BCUT2D eigenvalue weighted by Crippen LogP contribution is 2.39. The van der Waals surface area contributed by atoms with Crippen LogP contribution in [0.15, 0.2) is 42.5 Å². The fraction of sp³-hybridized carbons (Fsp3) is 0.531. The third-order valence-electron chi connectivity index (χ3n) is 7.14. The molecule has 0 unspecified atom stereocenters. The Morgan fingerprint density at radius 1 is 0.825 bits per heavy atom. The number of ether oxygens (including phenoxy) is 4. The first-order valence-electron chi connectivity index (χ1n) is 14.6. The molecule has 0 aliphatic carbocycles.